The highest BCUT2D eigenvalue weighted by Gasteiger charge is 2.44. The van der Waals surface area contributed by atoms with Crippen LogP contribution in [0.3, 0.4) is 0 Å². The largest absolute Gasteiger partial charge is 0.319 e. The molecule has 1 aliphatic heterocycles. The average Bonchev–Trinajstić information content (AvgIpc) is 3.11. The van der Waals surface area contributed by atoms with Gasteiger partial charge in [0.25, 0.3) is 0 Å². The molecule has 4 atom stereocenters. The van der Waals surface area contributed by atoms with Gasteiger partial charge in [0.05, 0.1) is 6.04 Å². The third-order valence-corrected chi connectivity index (χ3v) is 5.52. The first-order valence-corrected chi connectivity index (χ1v) is 9.11. The molecule has 3 rings (SSSR count). The van der Waals surface area contributed by atoms with Crippen molar-refractivity contribution in [2.75, 3.05) is 0 Å². The number of nitrogens with one attached hydrogen (secondary N) is 1. The molecule has 2 aliphatic rings. The van der Waals surface area contributed by atoms with Crippen molar-refractivity contribution in [2.24, 2.45) is 11.8 Å². The number of carbonyl (C=O) groups excluding carboxylic acids is 1. The van der Waals surface area contributed by atoms with E-state index in [1.807, 2.05) is 0 Å². The summed E-state index contributed by atoms with van der Waals surface area (Å²) in [6.07, 6.45) is 4.58. The molecule has 116 valence electrons. The van der Waals surface area contributed by atoms with E-state index in [0.29, 0.717) is 17.9 Å². The van der Waals surface area contributed by atoms with Crippen LogP contribution in [0.5, 0.6) is 0 Å². The molecule has 0 bridgehead atoms. The first kappa shape index (κ1) is 15.0. The Morgan fingerprint density at radius 2 is 2.24 bits per heavy atom. The minimum Gasteiger partial charge on any atom is -0.319 e. The summed E-state index contributed by atoms with van der Waals surface area (Å²) < 4.78 is 0. The number of amides is 1. The quantitative estimate of drug-likeness (QED) is 0.918. The molecule has 4 unspecified atom stereocenters. The van der Waals surface area contributed by atoms with Crippen LogP contribution in [0.15, 0.2) is 16.8 Å². The highest BCUT2D eigenvalue weighted by Crippen LogP contribution is 2.37. The number of carbonyl (C=O) groups is 1. The van der Waals surface area contributed by atoms with Crippen molar-refractivity contribution >= 4 is 17.2 Å². The van der Waals surface area contributed by atoms with Crippen LogP contribution < -0.4 is 5.32 Å². The summed E-state index contributed by atoms with van der Waals surface area (Å²) >= 11 is 1.71. The van der Waals surface area contributed by atoms with Crippen molar-refractivity contribution in [1.82, 2.24) is 10.2 Å². The Kier molecular flexibility index (Phi) is 4.36. The average molecular weight is 306 g/mol. The van der Waals surface area contributed by atoms with E-state index >= 15 is 0 Å². The molecule has 1 N–H and O–H groups in total. The van der Waals surface area contributed by atoms with E-state index in [0.717, 1.165) is 25.2 Å². The molecule has 21 heavy (non-hydrogen) atoms. The molecular weight excluding hydrogens is 280 g/mol. The van der Waals surface area contributed by atoms with E-state index in [4.69, 9.17) is 0 Å². The molecule has 1 saturated heterocycles. The summed E-state index contributed by atoms with van der Waals surface area (Å²) in [4.78, 5) is 15.1. The number of hydrogen-bond donors (Lipinski definition) is 1. The molecular formula is C17H26N2OS. The topological polar surface area (TPSA) is 32.3 Å². The highest BCUT2D eigenvalue weighted by atomic mass is 32.1. The van der Waals surface area contributed by atoms with Gasteiger partial charge >= 0.3 is 0 Å². The smallest absolute Gasteiger partial charge is 0.241 e. The van der Waals surface area contributed by atoms with Gasteiger partial charge < -0.3 is 4.90 Å². The first-order chi connectivity index (χ1) is 10.1. The van der Waals surface area contributed by atoms with Crippen molar-refractivity contribution in [1.29, 1.82) is 0 Å². The molecule has 1 aromatic rings. The maximum absolute atomic E-state index is 12.9. The zero-order chi connectivity index (χ0) is 15.0. The summed E-state index contributed by atoms with van der Waals surface area (Å²) in [6.45, 7) is 6.68. The molecule has 0 aromatic carbocycles. The fourth-order valence-corrected chi connectivity index (χ4v) is 4.48. The molecule has 1 aromatic heterocycles. The predicted molar refractivity (Wildman–Crippen MR) is 87.1 cm³/mol. The fourth-order valence-electron chi connectivity index (χ4n) is 3.80. The lowest BCUT2D eigenvalue weighted by molar-refractivity contribution is -0.132. The van der Waals surface area contributed by atoms with E-state index in [-0.39, 0.29) is 12.2 Å². The van der Waals surface area contributed by atoms with Gasteiger partial charge in [0, 0.05) is 6.04 Å². The number of hydrogen-bond acceptors (Lipinski definition) is 3. The van der Waals surface area contributed by atoms with Gasteiger partial charge in [0.1, 0.15) is 6.17 Å². The van der Waals surface area contributed by atoms with Crippen LogP contribution in [0, 0.1) is 11.8 Å². The van der Waals surface area contributed by atoms with Gasteiger partial charge in [0.15, 0.2) is 0 Å². The van der Waals surface area contributed by atoms with Gasteiger partial charge in [-0.25, -0.2) is 0 Å². The Morgan fingerprint density at radius 3 is 2.81 bits per heavy atom. The summed E-state index contributed by atoms with van der Waals surface area (Å²) in [5.74, 6) is 1.60. The normalized spacial score (nSPS) is 33.3. The van der Waals surface area contributed by atoms with Crippen molar-refractivity contribution in [3.63, 3.8) is 0 Å². The molecule has 4 heteroatoms. The standard InChI is InChI=1S/C17H26N2OS/c1-11(2)8-15-17(20)19(14-5-4-12(3)9-14)16(18-15)13-6-7-21-10-13/h6-7,10-12,14-16,18H,4-5,8-9H2,1-3H3. The van der Waals surface area contributed by atoms with Crippen LogP contribution in [0.1, 0.15) is 58.2 Å². The van der Waals surface area contributed by atoms with Crippen LogP contribution in [0.25, 0.3) is 0 Å². The maximum atomic E-state index is 12.9. The number of nitrogens with zero attached hydrogens (tertiary/aromatic N) is 1. The first-order valence-electron chi connectivity index (χ1n) is 8.16. The Hall–Kier alpha value is -0.870. The monoisotopic (exact) mass is 306 g/mol. The third-order valence-electron chi connectivity index (χ3n) is 4.82. The third kappa shape index (κ3) is 3.02. The minimum absolute atomic E-state index is 0.00851. The van der Waals surface area contributed by atoms with Crippen LogP contribution in [-0.4, -0.2) is 22.9 Å². The van der Waals surface area contributed by atoms with E-state index in [1.54, 1.807) is 11.3 Å². The fraction of sp³-hybridized carbons (Fsp3) is 0.706. The van der Waals surface area contributed by atoms with E-state index in [1.165, 1.54) is 12.0 Å². The van der Waals surface area contributed by atoms with Crippen molar-refractivity contribution in [3.8, 4) is 0 Å². The molecule has 1 saturated carbocycles. The summed E-state index contributed by atoms with van der Waals surface area (Å²) in [6, 6.07) is 2.56. The zero-order valence-corrected chi connectivity index (χ0v) is 14.0. The molecule has 3 nitrogen and oxygen atoms in total. The molecule has 0 radical (unpaired) electrons. The van der Waals surface area contributed by atoms with Crippen molar-refractivity contribution < 1.29 is 4.79 Å². The lowest BCUT2D eigenvalue weighted by Crippen LogP contribution is -2.39. The van der Waals surface area contributed by atoms with Gasteiger partial charge in [-0.05, 0) is 59.9 Å². The number of rotatable bonds is 4. The van der Waals surface area contributed by atoms with Gasteiger partial charge in [-0.1, -0.05) is 20.8 Å². The highest BCUT2D eigenvalue weighted by molar-refractivity contribution is 7.07. The Labute approximate surface area is 131 Å². The lowest BCUT2D eigenvalue weighted by Gasteiger charge is -2.30. The summed E-state index contributed by atoms with van der Waals surface area (Å²) in [5, 5.41) is 7.88. The maximum Gasteiger partial charge on any atom is 0.241 e. The second-order valence-corrected chi connectivity index (χ2v) is 7.91. The summed E-state index contributed by atoms with van der Waals surface area (Å²) in [5.41, 5.74) is 1.25. The minimum atomic E-state index is -0.00851. The molecule has 1 aliphatic carbocycles. The van der Waals surface area contributed by atoms with Crippen LogP contribution in [0.4, 0.5) is 0 Å². The van der Waals surface area contributed by atoms with E-state index < -0.39 is 0 Å². The SMILES string of the molecule is CC(C)CC1NC(c2ccsc2)N(C2CCC(C)C2)C1=O. The van der Waals surface area contributed by atoms with Crippen LogP contribution >= 0.6 is 11.3 Å². The Morgan fingerprint density at radius 1 is 1.43 bits per heavy atom. The van der Waals surface area contributed by atoms with Gasteiger partial charge in [-0.15, -0.1) is 0 Å². The van der Waals surface area contributed by atoms with Crippen molar-refractivity contribution in [3.05, 3.63) is 22.4 Å². The van der Waals surface area contributed by atoms with Crippen molar-refractivity contribution in [2.45, 2.75) is 64.7 Å². The second kappa shape index (κ2) is 6.09. The molecule has 2 heterocycles. The molecule has 0 spiro atoms. The van der Waals surface area contributed by atoms with Crippen LogP contribution in [0.2, 0.25) is 0 Å². The molecule has 2 fully saturated rings. The van der Waals surface area contributed by atoms with E-state index in [2.05, 4.69) is 47.8 Å². The zero-order valence-electron chi connectivity index (χ0n) is 13.2. The lowest BCUT2D eigenvalue weighted by atomic mass is 10.0. The van der Waals surface area contributed by atoms with Crippen LogP contribution in [-0.2, 0) is 4.79 Å². The van der Waals surface area contributed by atoms with E-state index in [9.17, 15) is 4.79 Å². The van der Waals surface area contributed by atoms with Gasteiger partial charge in [-0.2, -0.15) is 11.3 Å². The Balaban J connectivity index is 1.83. The molecule has 1 amide bonds. The van der Waals surface area contributed by atoms with Gasteiger partial charge in [-0.3, -0.25) is 10.1 Å². The van der Waals surface area contributed by atoms with Gasteiger partial charge in [0.2, 0.25) is 5.91 Å². The predicted octanol–water partition coefficient (Wildman–Crippen LogP) is 3.78. The number of thiophene rings is 1. The second-order valence-electron chi connectivity index (χ2n) is 7.13. The summed E-state index contributed by atoms with van der Waals surface area (Å²) in [7, 11) is 0. The Bertz CT molecular complexity index is 485.